The first-order chi connectivity index (χ1) is 36.1. The van der Waals surface area contributed by atoms with E-state index in [2.05, 4.69) is 268 Å². The smallest absolute Gasteiger partial charge is 0.0626 e. The zero-order chi connectivity index (χ0) is 50.5. The van der Waals surface area contributed by atoms with Crippen LogP contribution in [0.15, 0.2) is 211 Å². The van der Waals surface area contributed by atoms with Crippen LogP contribution in [0.5, 0.6) is 0 Å². The van der Waals surface area contributed by atoms with E-state index >= 15 is 0 Å². The van der Waals surface area contributed by atoms with Gasteiger partial charge in [0.15, 0.2) is 0 Å². The fourth-order valence-corrected chi connectivity index (χ4v) is 13.7. The Balaban J connectivity index is 0.000000111. The van der Waals surface area contributed by atoms with Crippen LogP contribution in [-0.4, -0.2) is 4.57 Å². The number of rotatable bonds is 3. The van der Waals surface area contributed by atoms with Crippen molar-refractivity contribution in [2.75, 3.05) is 0 Å². The van der Waals surface area contributed by atoms with Crippen LogP contribution in [0.25, 0.3) is 93.9 Å². The largest absolute Gasteiger partial charge is 0.309 e. The van der Waals surface area contributed by atoms with Gasteiger partial charge in [-0.2, -0.15) is 0 Å². The minimum absolute atomic E-state index is 0.0168. The van der Waals surface area contributed by atoms with Crippen molar-refractivity contribution in [2.24, 2.45) is 0 Å². The summed E-state index contributed by atoms with van der Waals surface area (Å²) in [5.74, 6) is 0. The van der Waals surface area contributed by atoms with Crippen molar-refractivity contribution in [2.45, 2.75) is 78.1 Å². The first-order valence-electron chi connectivity index (χ1n) is 26.7. The summed E-state index contributed by atoms with van der Waals surface area (Å²) in [6, 6.07) is 75.7. The number of allylic oxidation sites excluding steroid dienone is 1. The molecule has 0 saturated heterocycles. The average Bonchev–Trinajstić information content (AvgIpc) is 4.27. The van der Waals surface area contributed by atoms with E-state index in [1.54, 1.807) is 0 Å². The van der Waals surface area contributed by atoms with Gasteiger partial charge in [0, 0.05) is 37.5 Å². The van der Waals surface area contributed by atoms with Crippen LogP contribution in [0.4, 0.5) is 0 Å². The van der Waals surface area contributed by atoms with Gasteiger partial charge < -0.3 is 4.57 Å². The molecule has 10 aromatic carbocycles. The van der Waals surface area contributed by atoms with Gasteiger partial charge in [0.25, 0.3) is 0 Å². The Kier molecular flexibility index (Phi) is 11.2. The molecule has 0 aliphatic heterocycles. The zero-order valence-electron chi connectivity index (χ0n) is 43.3. The molecule has 1 aromatic heterocycles. The second-order valence-electron chi connectivity index (χ2n) is 21.8. The van der Waals surface area contributed by atoms with Gasteiger partial charge in [0.1, 0.15) is 0 Å². The molecule has 0 saturated carbocycles. The SMILES string of the molecule is CC1(C)c2ccccc2-c2ccc(-n3c4c(c5ccccc53)-c3cccc5cccc-4c35)cc21.CC1(C)c2ccccc2-c2ccc(Br)cc21.CCCCC.c1ccc2c(c1)CC1=C2c2cccc3cccc1c23. The number of halogens is 1. The molecule has 5 aliphatic carbocycles. The Bertz CT molecular complexity index is 4100. The van der Waals surface area contributed by atoms with Gasteiger partial charge in [-0.25, -0.2) is 0 Å². The normalized spacial score (nSPS) is 14.4. The highest BCUT2D eigenvalue weighted by atomic mass is 79.9. The minimum Gasteiger partial charge on any atom is -0.309 e. The Hall–Kier alpha value is -7.52. The highest BCUT2D eigenvalue weighted by Crippen LogP contribution is 2.55. The monoisotopic (exact) mass is 1020 g/mol. The summed E-state index contributed by atoms with van der Waals surface area (Å²) < 4.78 is 3.66. The molecule has 0 fully saturated rings. The molecular weight excluding hydrogens is 959 g/mol. The molecule has 360 valence electrons. The van der Waals surface area contributed by atoms with Gasteiger partial charge >= 0.3 is 0 Å². The average molecular weight is 1020 g/mol. The van der Waals surface area contributed by atoms with Crippen molar-refractivity contribution in [3.63, 3.8) is 0 Å². The fraction of sp³-hybridized carbons (Fsp3) is 0.167. The molecule has 16 rings (SSSR count). The maximum atomic E-state index is 3.56. The summed E-state index contributed by atoms with van der Waals surface area (Å²) in [4.78, 5) is 0. The maximum absolute atomic E-state index is 3.56. The number of aromatic nitrogens is 1. The molecule has 5 aliphatic rings. The maximum Gasteiger partial charge on any atom is 0.0626 e. The molecule has 0 spiro atoms. The molecule has 0 unspecified atom stereocenters. The predicted molar refractivity (Wildman–Crippen MR) is 320 cm³/mol. The number of para-hydroxylation sites is 1. The third-order valence-electron chi connectivity index (χ3n) is 16.8. The third-order valence-corrected chi connectivity index (χ3v) is 17.3. The van der Waals surface area contributed by atoms with Gasteiger partial charge in [0.2, 0.25) is 0 Å². The van der Waals surface area contributed by atoms with Crippen molar-refractivity contribution in [1.82, 2.24) is 4.57 Å². The summed E-state index contributed by atoms with van der Waals surface area (Å²) in [5.41, 5.74) is 27.9. The van der Waals surface area contributed by atoms with E-state index in [1.807, 2.05) is 0 Å². The number of benzene rings is 10. The second-order valence-corrected chi connectivity index (χ2v) is 22.7. The summed E-state index contributed by atoms with van der Waals surface area (Å²) in [7, 11) is 0. The van der Waals surface area contributed by atoms with Gasteiger partial charge in [-0.15, -0.1) is 0 Å². The van der Waals surface area contributed by atoms with Crippen LogP contribution in [0, 0.1) is 0 Å². The van der Waals surface area contributed by atoms with E-state index in [1.165, 1.54) is 158 Å². The zero-order valence-corrected chi connectivity index (χ0v) is 44.9. The summed E-state index contributed by atoms with van der Waals surface area (Å²) in [6.07, 6.45) is 5.16. The molecule has 1 heterocycles. The Morgan fingerprint density at radius 3 is 1.58 bits per heavy atom. The van der Waals surface area contributed by atoms with Crippen LogP contribution in [0.3, 0.4) is 0 Å². The summed E-state index contributed by atoms with van der Waals surface area (Å²) in [6.45, 7) is 13.7. The van der Waals surface area contributed by atoms with Crippen molar-refractivity contribution in [1.29, 1.82) is 0 Å². The van der Waals surface area contributed by atoms with Crippen molar-refractivity contribution in [3.8, 4) is 50.3 Å². The van der Waals surface area contributed by atoms with E-state index in [9.17, 15) is 0 Å². The van der Waals surface area contributed by atoms with E-state index in [0.717, 1.165) is 10.9 Å². The lowest BCUT2D eigenvalue weighted by atomic mass is 9.82. The molecule has 0 atom stereocenters. The van der Waals surface area contributed by atoms with Gasteiger partial charge in [0.05, 0.1) is 11.2 Å². The molecule has 0 radical (unpaired) electrons. The molecule has 0 amide bonds. The fourth-order valence-electron chi connectivity index (χ4n) is 13.3. The van der Waals surface area contributed by atoms with E-state index in [0.29, 0.717) is 0 Å². The number of hydrogen-bond donors (Lipinski definition) is 0. The topological polar surface area (TPSA) is 4.93 Å². The quantitative estimate of drug-likeness (QED) is 0.166. The minimum atomic E-state index is -0.0168. The lowest BCUT2D eigenvalue weighted by Crippen LogP contribution is -2.15. The highest BCUT2D eigenvalue weighted by molar-refractivity contribution is 9.10. The van der Waals surface area contributed by atoms with Gasteiger partial charge in [-0.05, 0) is 142 Å². The number of nitrogens with zero attached hydrogens (tertiary/aromatic N) is 1. The van der Waals surface area contributed by atoms with Gasteiger partial charge in [-0.3, -0.25) is 0 Å². The van der Waals surface area contributed by atoms with Crippen molar-refractivity contribution in [3.05, 3.63) is 255 Å². The van der Waals surface area contributed by atoms with Crippen LogP contribution in [0.2, 0.25) is 0 Å². The number of unbranched alkanes of at least 4 members (excludes halogenated alkanes) is 2. The Morgan fingerprint density at radius 1 is 0.432 bits per heavy atom. The molecule has 2 heteroatoms. The predicted octanol–water partition coefficient (Wildman–Crippen LogP) is 20.4. The van der Waals surface area contributed by atoms with Gasteiger partial charge in [-0.1, -0.05) is 253 Å². The lowest BCUT2D eigenvalue weighted by molar-refractivity contribution is 0.660. The molecule has 0 bridgehead atoms. The van der Waals surface area contributed by atoms with Crippen LogP contribution in [-0.2, 0) is 17.3 Å². The third kappa shape index (κ3) is 7.01. The highest BCUT2D eigenvalue weighted by Gasteiger charge is 2.38. The molecule has 0 N–H and O–H groups in total. The van der Waals surface area contributed by atoms with E-state index in [-0.39, 0.29) is 10.8 Å². The van der Waals surface area contributed by atoms with Crippen LogP contribution >= 0.6 is 15.9 Å². The van der Waals surface area contributed by atoms with Crippen LogP contribution < -0.4 is 0 Å². The summed E-state index contributed by atoms with van der Waals surface area (Å²) in [5, 5.41) is 6.83. The van der Waals surface area contributed by atoms with Crippen LogP contribution in [0.1, 0.15) is 105 Å². The summed E-state index contributed by atoms with van der Waals surface area (Å²) >= 11 is 3.56. The second kappa shape index (κ2) is 17.9. The van der Waals surface area contributed by atoms with Crippen molar-refractivity contribution >= 4 is 59.5 Å². The molecular formula is C72H60BrN. The van der Waals surface area contributed by atoms with E-state index < -0.39 is 0 Å². The lowest BCUT2D eigenvalue weighted by Gasteiger charge is -2.22. The molecule has 11 aromatic rings. The van der Waals surface area contributed by atoms with Crippen molar-refractivity contribution < 1.29 is 0 Å². The number of fused-ring (bicyclic) bond motifs is 15. The first kappa shape index (κ1) is 46.3. The standard InChI is InChI=1S/C33H23N.C19H12.C15H13Br.C5H12/c1-33(2)27-15-5-3-11-22(27)23-18-17-21(19-28(23)33)34-29-16-6-4-12-24(29)31-25-13-7-9-20-10-8-14-26(30(20)25)32(31)34;1-2-8-14-13(5-1)11-17-15-9-3-6-12-7-4-10-16(18(12)15)19(14)17;1-15(2)13-6-4-3-5-11(13)12-8-7-10(16)9-14(12)15;1-3-5-4-2/h3-19H,1-2H3;1-10H,11H2;3-9H,1-2H3;3-5H2,1-2H3. The molecule has 74 heavy (non-hydrogen) atoms. The Labute approximate surface area is 445 Å². The number of hydrogen-bond acceptors (Lipinski definition) is 0. The molecule has 1 nitrogen and oxygen atoms in total. The first-order valence-corrected chi connectivity index (χ1v) is 27.5. The van der Waals surface area contributed by atoms with E-state index in [4.69, 9.17) is 0 Å². The Morgan fingerprint density at radius 2 is 0.932 bits per heavy atom.